The Bertz CT molecular complexity index is 464. The van der Waals surface area contributed by atoms with Crippen LogP contribution in [0.3, 0.4) is 0 Å². The van der Waals surface area contributed by atoms with Crippen LogP contribution in [-0.2, 0) is 16.2 Å². The number of anilines is 1. The Morgan fingerprint density at radius 2 is 2.15 bits per heavy atom. The van der Waals surface area contributed by atoms with Gasteiger partial charge in [-0.15, -0.1) is 0 Å². The molecule has 1 aliphatic rings. The van der Waals surface area contributed by atoms with Crippen LogP contribution in [-0.4, -0.2) is 26.8 Å². The van der Waals surface area contributed by atoms with Crippen LogP contribution in [0.2, 0.25) is 0 Å². The fraction of sp³-hybridized carbons (Fsp3) is 0.571. The molecule has 0 radical (unpaired) electrons. The molecule has 1 saturated heterocycles. The average Bonchev–Trinajstić information content (AvgIpc) is 2.86. The van der Waals surface area contributed by atoms with Crippen LogP contribution in [0.4, 0.5) is 18.9 Å². The molecule has 20 heavy (non-hydrogen) atoms. The molecule has 0 aliphatic carbocycles. The van der Waals surface area contributed by atoms with Gasteiger partial charge in [-0.05, 0) is 24.1 Å². The summed E-state index contributed by atoms with van der Waals surface area (Å²) < 4.78 is 44.2. The van der Waals surface area contributed by atoms with Crippen LogP contribution >= 0.6 is 15.9 Å². The molecule has 0 amide bonds. The SMILES string of the molecule is COCC1CCN(c2ccc(CBr)c(C(F)(F)F)c2)C1. The lowest BCUT2D eigenvalue weighted by molar-refractivity contribution is -0.138. The summed E-state index contributed by atoms with van der Waals surface area (Å²) in [6, 6.07) is 4.57. The van der Waals surface area contributed by atoms with Gasteiger partial charge in [0.25, 0.3) is 0 Å². The van der Waals surface area contributed by atoms with Gasteiger partial charge in [-0.1, -0.05) is 22.0 Å². The van der Waals surface area contributed by atoms with Gasteiger partial charge in [0.05, 0.1) is 12.2 Å². The molecule has 2 nitrogen and oxygen atoms in total. The maximum Gasteiger partial charge on any atom is 0.416 e. The normalized spacial score (nSPS) is 19.6. The largest absolute Gasteiger partial charge is 0.416 e. The van der Waals surface area contributed by atoms with Crippen molar-refractivity contribution in [2.75, 3.05) is 31.7 Å². The third-order valence-electron chi connectivity index (χ3n) is 3.60. The van der Waals surface area contributed by atoms with Crippen molar-refractivity contribution in [2.45, 2.75) is 17.9 Å². The minimum absolute atomic E-state index is 0.203. The first-order chi connectivity index (χ1) is 9.45. The Morgan fingerprint density at radius 3 is 2.75 bits per heavy atom. The Morgan fingerprint density at radius 1 is 1.40 bits per heavy atom. The van der Waals surface area contributed by atoms with Crippen molar-refractivity contribution in [3.63, 3.8) is 0 Å². The topological polar surface area (TPSA) is 12.5 Å². The zero-order valence-corrected chi connectivity index (χ0v) is 12.8. The van der Waals surface area contributed by atoms with Crippen LogP contribution < -0.4 is 4.90 Å². The lowest BCUT2D eigenvalue weighted by Crippen LogP contribution is -2.22. The minimum Gasteiger partial charge on any atom is -0.384 e. The zero-order chi connectivity index (χ0) is 14.8. The van der Waals surface area contributed by atoms with E-state index in [1.165, 1.54) is 6.07 Å². The van der Waals surface area contributed by atoms with E-state index in [9.17, 15) is 13.2 Å². The van der Waals surface area contributed by atoms with E-state index in [-0.39, 0.29) is 10.9 Å². The molecule has 1 aliphatic heterocycles. The molecule has 1 heterocycles. The summed E-state index contributed by atoms with van der Waals surface area (Å²) in [5.74, 6) is 0.394. The van der Waals surface area contributed by atoms with Gasteiger partial charge in [0.15, 0.2) is 0 Å². The fourth-order valence-corrected chi connectivity index (χ4v) is 3.07. The average molecular weight is 352 g/mol. The van der Waals surface area contributed by atoms with Crippen LogP contribution in [0.1, 0.15) is 17.5 Å². The number of methoxy groups -OCH3 is 1. The van der Waals surface area contributed by atoms with E-state index in [0.29, 0.717) is 18.2 Å². The second-order valence-electron chi connectivity index (χ2n) is 5.03. The predicted octanol–water partition coefficient (Wildman–Crippen LogP) is 4.07. The van der Waals surface area contributed by atoms with Crippen molar-refractivity contribution >= 4 is 21.6 Å². The van der Waals surface area contributed by atoms with E-state index in [1.807, 2.05) is 4.90 Å². The molecular formula is C14H17BrF3NO. The molecule has 0 N–H and O–H groups in total. The lowest BCUT2D eigenvalue weighted by atomic mass is 10.1. The highest BCUT2D eigenvalue weighted by Gasteiger charge is 2.34. The van der Waals surface area contributed by atoms with E-state index in [4.69, 9.17) is 4.74 Å². The second-order valence-corrected chi connectivity index (χ2v) is 5.59. The van der Waals surface area contributed by atoms with Crippen LogP contribution in [0.5, 0.6) is 0 Å². The van der Waals surface area contributed by atoms with Gasteiger partial charge in [-0.2, -0.15) is 13.2 Å². The van der Waals surface area contributed by atoms with Crippen molar-refractivity contribution in [1.29, 1.82) is 0 Å². The van der Waals surface area contributed by atoms with Gasteiger partial charge in [0.2, 0.25) is 0 Å². The number of hydrogen-bond acceptors (Lipinski definition) is 2. The number of halogens is 4. The lowest BCUT2D eigenvalue weighted by Gasteiger charge is -2.21. The quantitative estimate of drug-likeness (QED) is 0.758. The summed E-state index contributed by atoms with van der Waals surface area (Å²) in [5.41, 5.74) is 0.358. The standard InChI is InChI=1S/C14H17BrF3NO/c1-20-9-10-4-5-19(8-10)12-3-2-11(7-15)13(6-12)14(16,17)18/h2-3,6,10H,4-5,7-9H2,1H3. The molecule has 0 saturated carbocycles. The molecule has 1 atom stereocenters. The van der Waals surface area contributed by atoms with Crippen molar-refractivity contribution in [1.82, 2.24) is 0 Å². The Labute approximate surface area is 125 Å². The summed E-state index contributed by atoms with van der Waals surface area (Å²) in [6.07, 6.45) is -3.36. The number of rotatable bonds is 4. The Hall–Kier alpha value is -0.750. The molecule has 0 spiro atoms. The van der Waals surface area contributed by atoms with Crippen molar-refractivity contribution in [2.24, 2.45) is 5.92 Å². The molecule has 1 aromatic carbocycles. The Balaban J connectivity index is 2.22. The van der Waals surface area contributed by atoms with Crippen molar-refractivity contribution in [3.8, 4) is 0 Å². The number of nitrogens with zero attached hydrogens (tertiary/aromatic N) is 1. The Kier molecular flexibility index (Phi) is 4.96. The third kappa shape index (κ3) is 3.47. The summed E-state index contributed by atoms with van der Waals surface area (Å²) in [7, 11) is 1.65. The summed E-state index contributed by atoms with van der Waals surface area (Å²) in [5, 5.41) is 0.203. The molecular weight excluding hydrogens is 335 g/mol. The summed E-state index contributed by atoms with van der Waals surface area (Å²) in [6.45, 7) is 2.18. The highest BCUT2D eigenvalue weighted by molar-refractivity contribution is 9.08. The highest BCUT2D eigenvalue weighted by Crippen LogP contribution is 2.36. The monoisotopic (exact) mass is 351 g/mol. The maximum absolute atomic E-state index is 13.0. The smallest absolute Gasteiger partial charge is 0.384 e. The van der Waals surface area contributed by atoms with E-state index < -0.39 is 11.7 Å². The summed E-state index contributed by atoms with van der Waals surface area (Å²) >= 11 is 3.11. The maximum atomic E-state index is 13.0. The molecule has 0 aromatic heterocycles. The number of ether oxygens (including phenoxy) is 1. The van der Waals surface area contributed by atoms with Gasteiger partial charge in [0, 0.05) is 37.1 Å². The van der Waals surface area contributed by atoms with E-state index in [1.54, 1.807) is 19.2 Å². The highest BCUT2D eigenvalue weighted by atomic mass is 79.9. The number of benzene rings is 1. The summed E-state index contributed by atoms with van der Waals surface area (Å²) in [4.78, 5) is 2.00. The number of hydrogen-bond donors (Lipinski definition) is 0. The van der Waals surface area contributed by atoms with E-state index in [2.05, 4.69) is 15.9 Å². The first kappa shape index (κ1) is 15.6. The van der Waals surface area contributed by atoms with Crippen LogP contribution in [0, 0.1) is 5.92 Å². The van der Waals surface area contributed by atoms with Crippen molar-refractivity contribution in [3.05, 3.63) is 29.3 Å². The van der Waals surface area contributed by atoms with E-state index >= 15 is 0 Å². The molecule has 112 valence electrons. The minimum atomic E-state index is -4.31. The second kappa shape index (κ2) is 6.35. The first-order valence-corrected chi connectivity index (χ1v) is 7.57. The van der Waals surface area contributed by atoms with E-state index in [0.717, 1.165) is 19.5 Å². The molecule has 1 fully saturated rings. The van der Waals surface area contributed by atoms with Gasteiger partial charge in [0.1, 0.15) is 0 Å². The number of alkyl halides is 4. The molecule has 0 bridgehead atoms. The molecule has 1 unspecified atom stereocenters. The van der Waals surface area contributed by atoms with Gasteiger partial charge in [-0.3, -0.25) is 0 Å². The molecule has 1 aromatic rings. The van der Waals surface area contributed by atoms with Gasteiger partial charge in [-0.25, -0.2) is 0 Å². The zero-order valence-electron chi connectivity index (χ0n) is 11.2. The molecule has 6 heteroatoms. The van der Waals surface area contributed by atoms with Crippen LogP contribution in [0.15, 0.2) is 18.2 Å². The van der Waals surface area contributed by atoms with Crippen molar-refractivity contribution < 1.29 is 17.9 Å². The van der Waals surface area contributed by atoms with Gasteiger partial charge < -0.3 is 9.64 Å². The van der Waals surface area contributed by atoms with Gasteiger partial charge >= 0.3 is 6.18 Å². The predicted molar refractivity (Wildman–Crippen MR) is 76.3 cm³/mol. The molecule has 2 rings (SSSR count). The third-order valence-corrected chi connectivity index (χ3v) is 4.20. The first-order valence-electron chi connectivity index (χ1n) is 6.45. The van der Waals surface area contributed by atoms with Crippen LogP contribution in [0.25, 0.3) is 0 Å². The fourth-order valence-electron chi connectivity index (χ4n) is 2.58.